The number of amides is 1. The van der Waals surface area contributed by atoms with Crippen molar-refractivity contribution in [2.24, 2.45) is 0 Å². The number of aryl methyl sites for hydroxylation is 1. The van der Waals surface area contributed by atoms with Crippen LogP contribution in [0.3, 0.4) is 0 Å². The van der Waals surface area contributed by atoms with E-state index in [-0.39, 0.29) is 12.3 Å². The third kappa shape index (κ3) is 3.49. The summed E-state index contributed by atoms with van der Waals surface area (Å²) in [6.07, 6.45) is 7.85. The van der Waals surface area contributed by atoms with Gasteiger partial charge >= 0.3 is 5.97 Å². The molecule has 19 heavy (non-hydrogen) atoms. The summed E-state index contributed by atoms with van der Waals surface area (Å²) in [5, 5.41) is 9.13. The molecule has 1 aliphatic rings. The van der Waals surface area contributed by atoms with E-state index in [4.69, 9.17) is 5.11 Å². The maximum atomic E-state index is 12.1. The molecule has 2 heterocycles. The van der Waals surface area contributed by atoms with Crippen molar-refractivity contribution in [3.05, 3.63) is 24.3 Å². The Hall–Kier alpha value is -1.98. The second-order valence-corrected chi connectivity index (χ2v) is 4.63. The molecular weight excluding hydrogens is 246 g/mol. The second kappa shape index (κ2) is 6.26. The summed E-state index contributed by atoms with van der Waals surface area (Å²) in [6.45, 7) is 0.538. The number of piperidine rings is 1. The first-order valence-electron chi connectivity index (χ1n) is 6.45. The van der Waals surface area contributed by atoms with Gasteiger partial charge in [0.05, 0.1) is 5.69 Å². The first kappa shape index (κ1) is 13.5. The fourth-order valence-corrected chi connectivity index (χ4v) is 2.32. The summed E-state index contributed by atoms with van der Waals surface area (Å²) in [5.41, 5.74) is 0.750. The van der Waals surface area contributed by atoms with Crippen LogP contribution < -0.4 is 0 Å². The van der Waals surface area contributed by atoms with Gasteiger partial charge in [0.25, 0.3) is 0 Å². The molecule has 1 aromatic rings. The van der Waals surface area contributed by atoms with Crippen LogP contribution in [0.25, 0.3) is 0 Å². The van der Waals surface area contributed by atoms with Crippen LogP contribution in [-0.2, 0) is 16.0 Å². The number of rotatable bonds is 4. The lowest BCUT2D eigenvalue weighted by molar-refractivity contribution is -0.152. The van der Waals surface area contributed by atoms with Gasteiger partial charge in [-0.3, -0.25) is 14.8 Å². The van der Waals surface area contributed by atoms with Crippen molar-refractivity contribution in [3.63, 3.8) is 0 Å². The average Bonchev–Trinajstić information content (AvgIpc) is 2.46. The number of nitrogens with zero attached hydrogens (tertiary/aromatic N) is 3. The highest BCUT2D eigenvalue weighted by atomic mass is 16.4. The van der Waals surface area contributed by atoms with Crippen LogP contribution in [0.2, 0.25) is 0 Å². The summed E-state index contributed by atoms with van der Waals surface area (Å²) in [7, 11) is 0. The van der Waals surface area contributed by atoms with Crippen LogP contribution in [0.5, 0.6) is 0 Å². The van der Waals surface area contributed by atoms with Gasteiger partial charge < -0.3 is 10.0 Å². The lowest BCUT2D eigenvalue weighted by atomic mass is 10.0. The highest BCUT2D eigenvalue weighted by molar-refractivity contribution is 5.83. The van der Waals surface area contributed by atoms with Crippen molar-refractivity contribution in [2.75, 3.05) is 6.54 Å². The van der Waals surface area contributed by atoms with Crippen LogP contribution in [0, 0.1) is 0 Å². The van der Waals surface area contributed by atoms with E-state index in [0.29, 0.717) is 19.4 Å². The SMILES string of the molecule is O=C(O)[C@H]1CCCCN1C(=O)CCc1cnccn1. The lowest BCUT2D eigenvalue weighted by Crippen LogP contribution is -2.48. The molecule has 0 spiro atoms. The van der Waals surface area contributed by atoms with E-state index >= 15 is 0 Å². The quantitative estimate of drug-likeness (QED) is 0.871. The van der Waals surface area contributed by atoms with E-state index in [2.05, 4.69) is 9.97 Å². The Balaban J connectivity index is 1.93. The highest BCUT2D eigenvalue weighted by Gasteiger charge is 2.31. The number of carboxylic acids is 1. The smallest absolute Gasteiger partial charge is 0.326 e. The van der Waals surface area contributed by atoms with Gasteiger partial charge in [0.2, 0.25) is 5.91 Å². The number of aromatic nitrogens is 2. The molecule has 1 fully saturated rings. The number of likely N-dealkylation sites (tertiary alicyclic amines) is 1. The first-order chi connectivity index (χ1) is 9.18. The predicted octanol–water partition coefficient (Wildman–Crippen LogP) is 0.875. The number of carboxylic acid groups (broad SMARTS) is 1. The number of carbonyl (C=O) groups excluding carboxylic acids is 1. The molecule has 1 amide bonds. The maximum Gasteiger partial charge on any atom is 0.326 e. The Morgan fingerprint density at radius 1 is 1.37 bits per heavy atom. The zero-order valence-corrected chi connectivity index (χ0v) is 10.7. The normalized spacial score (nSPS) is 19.2. The Kier molecular flexibility index (Phi) is 4.43. The van der Waals surface area contributed by atoms with Gasteiger partial charge in [0, 0.05) is 31.6 Å². The summed E-state index contributed by atoms with van der Waals surface area (Å²) in [4.78, 5) is 32.8. The van der Waals surface area contributed by atoms with E-state index in [9.17, 15) is 9.59 Å². The molecule has 1 N–H and O–H groups in total. The highest BCUT2D eigenvalue weighted by Crippen LogP contribution is 2.18. The number of hydrogen-bond acceptors (Lipinski definition) is 4. The van der Waals surface area contributed by atoms with Gasteiger partial charge in [-0.25, -0.2) is 4.79 Å². The zero-order valence-electron chi connectivity index (χ0n) is 10.7. The van der Waals surface area contributed by atoms with Crippen molar-refractivity contribution in [3.8, 4) is 0 Å². The van der Waals surface area contributed by atoms with Gasteiger partial charge in [-0.1, -0.05) is 0 Å². The van der Waals surface area contributed by atoms with E-state index in [1.807, 2.05) is 0 Å². The molecule has 1 aromatic heterocycles. The standard InChI is InChI=1S/C13H17N3O3/c17-12(5-4-10-9-14-6-7-15-10)16-8-2-1-3-11(16)13(18)19/h6-7,9,11H,1-5,8H2,(H,18,19)/t11-/m1/s1. The lowest BCUT2D eigenvalue weighted by Gasteiger charge is -2.33. The molecule has 0 aliphatic carbocycles. The molecule has 2 rings (SSSR count). The Morgan fingerprint density at radius 2 is 2.21 bits per heavy atom. The van der Waals surface area contributed by atoms with Gasteiger partial charge in [-0.15, -0.1) is 0 Å². The summed E-state index contributed by atoms with van der Waals surface area (Å²) < 4.78 is 0. The molecule has 6 heteroatoms. The number of hydrogen-bond donors (Lipinski definition) is 1. The van der Waals surface area contributed by atoms with Crippen LogP contribution in [0.15, 0.2) is 18.6 Å². The van der Waals surface area contributed by atoms with Crippen LogP contribution >= 0.6 is 0 Å². The van der Waals surface area contributed by atoms with Crippen molar-refractivity contribution in [2.45, 2.75) is 38.1 Å². The minimum atomic E-state index is -0.910. The van der Waals surface area contributed by atoms with Gasteiger partial charge in [0.15, 0.2) is 0 Å². The van der Waals surface area contributed by atoms with Crippen molar-refractivity contribution in [1.29, 1.82) is 0 Å². The minimum absolute atomic E-state index is 0.113. The Morgan fingerprint density at radius 3 is 2.89 bits per heavy atom. The molecule has 0 saturated carbocycles. The zero-order chi connectivity index (χ0) is 13.7. The fraction of sp³-hybridized carbons (Fsp3) is 0.538. The van der Waals surface area contributed by atoms with E-state index in [0.717, 1.165) is 18.5 Å². The molecular formula is C13H17N3O3. The van der Waals surface area contributed by atoms with Crippen molar-refractivity contribution in [1.82, 2.24) is 14.9 Å². The predicted molar refractivity (Wildman–Crippen MR) is 67.3 cm³/mol. The minimum Gasteiger partial charge on any atom is -0.480 e. The Labute approximate surface area is 111 Å². The molecule has 1 atom stereocenters. The molecule has 0 radical (unpaired) electrons. The summed E-state index contributed by atoms with van der Waals surface area (Å²) in [6, 6.07) is -0.664. The van der Waals surface area contributed by atoms with Gasteiger partial charge in [-0.05, 0) is 25.7 Å². The van der Waals surface area contributed by atoms with Crippen molar-refractivity contribution >= 4 is 11.9 Å². The van der Waals surface area contributed by atoms with E-state index in [1.54, 1.807) is 18.6 Å². The molecule has 6 nitrogen and oxygen atoms in total. The first-order valence-corrected chi connectivity index (χ1v) is 6.45. The van der Waals surface area contributed by atoms with E-state index in [1.165, 1.54) is 4.90 Å². The maximum absolute atomic E-state index is 12.1. The van der Waals surface area contributed by atoms with Crippen LogP contribution in [0.1, 0.15) is 31.4 Å². The van der Waals surface area contributed by atoms with Crippen LogP contribution in [-0.4, -0.2) is 44.4 Å². The Bertz CT molecular complexity index is 450. The molecule has 1 aliphatic heterocycles. The van der Waals surface area contributed by atoms with Crippen LogP contribution in [0.4, 0.5) is 0 Å². The van der Waals surface area contributed by atoms with Crippen molar-refractivity contribution < 1.29 is 14.7 Å². The monoisotopic (exact) mass is 263 g/mol. The molecule has 0 unspecified atom stereocenters. The fourth-order valence-electron chi connectivity index (χ4n) is 2.32. The van der Waals surface area contributed by atoms with E-state index < -0.39 is 12.0 Å². The average molecular weight is 263 g/mol. The third-order valence-corrected chi connectivity index (χ3v) is 3.32. The van der Waals surface area contributed by atoms with Gasteiger partial charge in [0.1, 0.15) is 6.04 Å². The topological polar surface area (TPSA) is 83.4 Å². The molecule has 0 bridgehead atoms. The molecule has 102 valence electrons. The summed E-state index contributed by atoms with van der Waals surface area (Å²) in [5.74, 6) is -1.02. The number of aliphatic carboxylic acids is 1. The number of carbonyl (C=O) groups is 2. The summed E-state index contributed by atoms with van der Waals surface area (Å²) >= 11 is 0. The second-order valence-electron chi connectivity index (χ2n) is 4.63. The largest absolute Gasteiger partial charge is 0.480 e. The van der Waals surface area contributed by atoms with Gasteiger partial charge in [-0.2, -0.15) is 0 Å². The molecule has 1 saturated heterocycles. The third-order valence-electron chi connectivity index (χ3n) is 3.32. The molecule has 0 aromatic carbocycles.